The van der Waals surface area contributed by atoms with Gasteiger partial charge in [0.05, 0.1) is 5.56 Å². The van der Waals surface area contributed by atoms with E-state index in [0.29, 0.717) is 0 Å². The number of alkyl halides is 3. The van der Waals surface area contributed by atoms with E-state index in [4.69, 9.17) is 0 Å². The molecule has 0 saturated heterocycles. The fourth-order valence-corrected chi connectivity index (χ4v) is 2.08. The van der Waals surface area contributed by atoms with Crippen LogP contribution in [0, 0.1) is 5.82 Å². The Morgan fingerprint density at radius 1 is 1.00 bits per heavy atom. The Kier molecular flexibility index (Phi) is 4.63. The third-order valence-electron chi connectivity index (χ3n) is 3.29. The summed E-state index contributed by atoms with van der Waals surface area (Å²) in [5, 5.41) is 3.02. The zero-order valence-electron chi connectivity index (χ0n) is 11.4. The van der Waals surface area contributed by atoms with Crippen LogP contribution in [-0.2, 0) is 12.7 Å². The highest BCUT2D eigenvalue weighted by atomic mass is 19.4. The summed E-state index contributed by atoms with van der Waals surface area (Å²) >= 11 is 0. The molecule has 0 amide bonds. The van der Waals surface area contributed by atoms with Crippen LogP contribution in [0.5, 0.6) is 0 Å². The maximum absolute atomic E-state index is 12.9. The van der Waals surface area contributed by atoms with Gasteiger partial charge >= 0.3 is 6.18 Å². The minimum absolute atomic E-state index is 0.0915. The summed E-state index contributed by atoms with van der Waals surface area (Å²) in [5.41, 5.74) is 0.378. The number of rotatable bonds is 4. The van der Waals surface area contributed by atoms with E-state index in [1.165, 1.54) is 24.3 Å². The molecule has 0 radical (unpaired) electrons. The molecular weight excluding hydrogens is 282 g/mol. The van der Waals surface area contributed by atoms with Crippen LogP contribution in [0.3, 0.4) is 0 Å². The average Bonchev–Trinajstić information content (AvgIpc) is 2.45. The van der Waals surface area contributed by atoms with E-state index in [1.807, 2.05) is 6.92 Å². The van der Waals surface area contributed by atoms with E-state index in [9.17, 15) is 17.6 Å². The van der Waals surface area contributed by atoms with Crippen molar-refractivity contribution in [2.24, 2.45) is 0 Å². The lowest BCUT2D eigenvalue weighted by Gasteiger charge is -2.17. The van der Waals surface area contributed by atoms with Gasteiger partial charge in [0.25, 0.3) is 0 Å². The van der Waals surface area contributed by atoms with Crippen LogP contribution in [0.25, 0.3) is 0 Å². The van der Waals surface area contributed by atoms with Crippen molar-refractivity contribution in [1.29, 1.82) is 0 Å². The fourth-order valence-electron chi connectivity index (χ4n) is 2.08. The molecule has 1 atom stereocenters. The summed E-state index contributed by atoms with van der Waals surface area (Å²) in [6.45, 7) is 1.91. The van der Waals surface area contributed by atoms with E-state index in [2.05, 4.69) is 5.32 Å². The number of nitrogens with one attached hydrogen (secondary N) is 1. The summed E-state index contributed by atoms with van der Waals surface area (Å²) in [7, 11) is 0. The molecule has 1 N–H and O–H groups in total. The van der Waals surface area contributed by atoms with E-state index >= 15 is 0 Å². The van der Waals surface area contributed by atoms with Crippen LogP contribution in [0.15, 0.2) is 48.5 Å². The minimum Gasteiger partial charge on any atom is -0.306 e. The highest BCUT2D eigenvalue weighted by Gasteiger charge is 2.32. The van der Waals surface area contributed by atoms with Gasteiger partial charge in [-0.1, -0.05) is 30.3 Å². The molecule has 0 unspecified atom stereocenters. The van der Waals surface area contributed by atoms with Gasteiger partial charge in [-0.2, -0.15) is 13.2 Å². The molecule has 0 aliphatic heterocycles. The van der Waals surface area contributed by atoms with Crippen LogP contribution >= 0.6 is 0 Å². The lowest BCUT2D eigenvalue weighted by molar-refractivity contribution is -0.138. The lowest BCUT2D eigenvalue weighted by Crippen LogP contribution is -2.20. The summed E-state index contributed by atoms with van der Waals surface area (Å²) < 4.78 is 51.5. The third-order valence-corrected chi connectivity index (χ3v) is 3.29. The molecule has 0 fully saturated rings. The SMILES string of the molecule is C[C@@H](NCc1ccccc1C(F)(F)F)c1ccc(F)cc1. The van der Waals surface area contributed by atoms with Gasteiger partial charge in [0.15, 0.2) is 0 Å². The second-order valence-electron chi connectivity index (χ2n) is 4.81. The van der Waals surface area contributed by atoms with Crippen molar-refractivity contribution in [3.05, 3.63) is 71.0 Å². The predicted octanol–water partition coefficient (Wildman–Crippen LogP) is 4.70. The van der Waals surface area contributed by atoms with E-state index in [-0.39, 0.29) is 24.0 Å². The van der Waals surface area contributed by atoms with Crippen molar-refractivity contribution < 1.29 is 17.6 Å². The Morgan fingerprint density at radius 2 is 1.62 bits per heavy atom. The highest BCUT2D eigenvalue weighted by Crippen LogP contribution is 2.32. The molecule has 5 heteroatoms. The average molecular weight is 297 g/mol. The molecule has 0 aliphatic carbocycles. The molecule has 1 nitrogen and oxygen atoms in total. The highest BCUT2D eigenvalue weighted by molar-refractivity contribution is 5.30. The van der Waals surface area contributed by atoms with Gasteiger partial charge in [-0.05, 0) is 36.2 Å². The zero-order valence-corrected chi connectivity index (χ0v) is 11.4. The van der Waals surface area contributed by atoms with Crippen molar-refractivity contribution in [2.75, 3.05) is 0 Å². The van der Waals surface area contributed by atoms with Gasteiger partial charge in [0, 0.05) is 12.6 Å². The normalized spacial score (nSPS) is 13.2. The molecule has 0 spiro atoms. The molecular formula is C16H15F4N. The maximum Gasteiger partial charge on any atom is 0.416 e. The number of halogens is 4. The first-order valence-corrected chi connectivity index (χ1v) is 6.52. The molecule has 2 aromatic carbocycles. The molecule has 0 saturated carbocycles. The molecule has 0 aliphatic rings. The number of benzene rings is 2. The van der Waals surface area contributed by atoms with Crippen molar-refractivity contribution >= 4 is 0 Å². The first-order chi connectivity index (χ1) is 9.88. The van der Waals surface area contributed by atoms with Crippen molar-refractivity contribution in [2.45, 2.75) is 25.7 Å². The first-order valence-electron chi connectivity index (χ1n) is 6.52. The van der Waals surface area contributed by atoms with Gasteiger partial charge < -0.3 is 5.32 Å². The van der Waals surface area contributed by atoms with Crippen LogP contribution in [0.4, 0.5) is 17.6 Å². The van der Waals surface area contributed by atoms with E-state index in [0.717, 1.165) is 11.6 Å². The quantitative estimate of drug-likeness (QED) is 0.807. The molecule has 112 valence electrons. The molecule has 2 aromatic rings. The molecule has 2 rings (SSSR count). The second-order valence-corrected chi connectivity index (χ2v) is 4.81. The van der Waals surface area contributed by atoms with Crippen LogP contribution in [0.2, 0.25) is 0 Å². The van der Waals surface area contributed by atoms with Crippen molar-refractivity contribution in [3.63, 3.8) is 0 Å². The minimum atomic E-state index is -4.36. The first kappa shape index (κ1) is 15.5. The summed E-state index contributed by atoms with van der Waals surface area (Å²) in [6, 6.07) is 11.2. The molecule has 0 aromatic heterocycles. The van der Waals surface area contributed by atoms with E-state index < -0.39 is 11.7 Å². The Morgan fingerprint density at radius 3 is 2.24 bits per heavy atom. The fraction of sp³-hybridized carbons (Fsp3) is 0.250. The Balaban J connectivity index is 2.08. The summed E-state index contributed by atoms with van der Waals surface area (Å²) in [6.07, 6.45) is -4.36. The van der Waals surface area contributed by atoms with Crippen LogP contribution in [0.1, 0.15) is 29.7 Å². The topological polar surface area (TPSA) is 12.0 Å². The van der Waals surface area contributed by atoms with Crippen LogP contribution < -0.4 is 5.32 Å². The smallest absolute Gasteiger partial charge is 0.306 e. The predicted molar refractivity (Wildman–Crippen MR) is 73.1 cm³/mol. The zero-order chi connectivity index (χ0) is 15.5. The van der Waals surface area contributed by atoms with Crippen LogP contribution in [-0.4, -0.2) is 0 Å². The summed E-state index contributed by atoms with van der Waals surface area (Å²) in [4.78, 5) is 0. The molecule has 0 bridgehead atoms. The van der Waals surface area contributed by atoms with Gasteiger partial charge in [0.2, 0.25) is 0 Å². The Bertz CT molecular complexity index is 590. The van der Waals surface area contributed by atoms with Gasteiger partial charge in [-0.3, -0.25) is 0 Å². The maximum atomic E-state index is 12.9. The monoisotopic (exact) mass is 297 g/mol. The Labute approximate surface area is 120 Å². The number of hydrogen-bond acceptors (Lipinski definition) is 1. The molecule has 0 heterocycles. The molecule has 21 heavy (non-hydrogen) atoms. The Hall–Kier alpha value is -1.88. The van der Waals surface area contributed by atoms with Gasteiger partial charge in [-0.25, -0.2) is 4.39 Å². The van der Waals surface area contributed by atoms with Gasteiger partial charge in [-0.15, -0.1) is 0 Å². The third kappa shape index (κ3) is 4.04. The van der Waals surface area contributed by atoms with Gasteiger partial charge in [0.1, 0.15) is 5.82 Å². The summed E-state index contributed by atoms with van der Waals surface area (Å²) in [5.74, 6) is -0.339. The second kappa shape index (κ2) is 6.26. The standard InChI is InChI=1S/C16H15F4N/c1-11(12-6-8-14(17)9-7-12)21-10-13-4-2-3-5-15(13)16(18,19)20/h2-9,11,21H,10H2,1H3/t11-/m1/s1. The van der Waals surface area contributed by atoms with Crippen molar-refractivity contribution in [3.8, 4) is 0 Å². The number of hydrogen-bond donors (Lipinski definition) is 1. The largest absolute Gasteiger partial charge is 0.416 e. The van der Waals surface area contributed by atoms with E-state index in [1.54, 1.807) is 18.2 Å². The lowest BCUT2D eigenvalue weighted by atomic mass is 10.1. The van der Waals surface area contributed by atoms with Crippen molar-refractivity contribution in [1.82, 2.24) is 5.32 Å².